The lowest BCUT2D eigenvalue weighted by atomic mass is 10.1. The lowest BCUT2D eigenvalue weighted by molar-refractivity contribution is -0.0563. The van der Waals surface area contributed by atoms with Gasteiger partial charge in [0.05, 0.1) is 12.9 Å². The van der Waals surface area contributed by atoms with Gasteiger partial charge in [-0.15, -0.1) is 0 Å². The van der Waals surface area contributed by atoms with Crippen LogP contribution in [0.3, 0.4) is 0 Å². The van der Waals surface area contributed by atoms with Gasteiger partial charge in [0, 0.05) is 0 Å². The molecule has 218 valence electrons. The van der Waals surface area contributed by atoms with Crippen molar-refractivity contribution in [3.63, 3.8) is 0 Å². The van der Waals surface area contributed by atoms with Gasteiger partial charge >= 0.3 is 17.1 Å². The van der Waals surface area contributed by atoms with Crippen LogP contribution in [0.2, 0.25) is 22.2 Å². The van der Waals surface area contributed by atoms with Crippen molar-refractivity contribution in [2.75, 3.05) is 12.9 Å². The molecule has 0 amide bonds. The Balaban J connectivity index is 1.87. The zero-order valence-corrected chi connectivity index (χ0v) is 28.1. The highest BCUT2D eigenvalue weighted by Gasteiger charge is 2.62. The summed E-state index contributed by atoms with van der Waals surface area (Å²) in [7, 11) is -5.66. The lowest BCUT2D eigenvalue weighted by Gasteiger charge is -2.51. The van der Waals surface area contributed by atoms with Crippen molar-refractivity contribution < 1.29 is 22.4 Å². The summed E-state index contributed by atoms with van der Waals surface area (Å²) in [5, 5.41) is 0. The minimum Gasteiger partial charge on any atom is -0.468 e. The summed E-state index contributed by atoms with van der Waals surface area (Å²) in [4.78, 5) is 24.2. The van der Waals surface area contributed by atoms with Gasteiger partial charge in [0.1, 0.15) is 18.0 Å². The van der Waals surface area contributed by atoms with E-state index in [1.807, 2.05) is 6.26 Å². The first-order valence-electron chi connectivity index (χ1n) is 13.6. The number of H-pyrrole nitrogens is 1. The van der Waals surface area contributed by atoms with E-state index in [1.165, 1.54) is 11.8 Å². The Bertz CT molecular complexity index is 1240. The molecule has 0 radical (unpaired) electrons. The SMILES string of the molecule is CSC(=S)OC1[C@H]2O[Si](C(C)C)(C(C)C)O[Si](C(C)C)(C(C)C)OC[C@H]2O[C@H]1n1cnc2c(=O)[nH]c(C)nc21. The zero-order chi connectivity index (χ0) is 28.9. The van der Waals surface area contributed by atoms with Gasteiger partial charge in [-0.25, -0.2) is 9.97 Å². The monoisotopic (exact) mass is 614 g/mol. The van der Waals surface area contributed by atoms with Gasteiger partial charge in [0.15, 0.2) is 23.5 Å². The van der Waals surface area contributed by atoms with Crippen molar-refractivity contribution in [3.8, 4) is 0 Å². The summed E-state index contributed by atoms with van der Waals surface area (Å²) in [6, 6.07) is 0. The normalized spacial score (nSPS) is 26.8. The average Bonchev–Trinajstić information content (AvgIpc) is 3.39. The van der Waals surface area contributed by atoms with E-state index in [0.29, 0.717) is 22.5 Å². The van der Waals surface area contributed by atoms with Crippen LogP contribution in [-0.2, 0) is 22.4 Å². The van der Waals surface area contributed by atoms with Crippen LogP contribution >= 0.6 is 24.0 Å². The van der Waals surface area contributed by atoms with Crippen molar-refractivity contribution in [1.29, 1.82) is 0 Å². The maximum Gasteiger partial charge on any atom is 0.335 e. The predicted octanol–water partition coefficient (Wildman–Crippen LogP) is 5.31. The largest absolute Gasteiger partial charge is 0.468 e. The minimum atomic E-state index is -2.92. The summed E-state index contributed by atoms with van der Waals surface area (Å²) in [6.07, 6.45) is 1.18. The van der Waals surface area contributed by atoms with Crippen LogP contribution in [-0.4, -0.2) is 72.2 Å². The molecule has 0 bridgehead atoms. The number of hydrogen-bond donors (Lipinski definition) is 1. The molecule has 1 N–H and O–H groups in total. The molecular formula is C25H42N4O6S2Si2. The van der Waals surface area contributed by atoms with Crippen LogP contribution < -0.4 is 5.56 Å². The molecule has 39 heavy (non-hydrogen) atoms. The minimum absolute atomic E-state index is 0.147. The fraction of sp³-hybridized carbons (Fsp3) is 0.760. The van der Waals surface area contributed by atoms with Gasteiger partial charge in [-0.1, -0.05) is 67.2 Å². The maximum atomic E-state index is 12.6. The smallest absolute Gasteiger partial charge is 0.335 e. The van der Waals surface area contributed by atoms with Crippen molar-refractivity contribution in [3.05, 3.63) is 22.5 Å². The molecule has 4 rings (SSSR count). The Hall–Kier alpha value is -1.14. The quantitative estimate of drug-likeness (QED) is 0.339. The van der Waals surface area contributed by atoms with Crippen LogP contribution in [0.4, 0.5) is 0 Å². The maximum absolute atomic E-state index is 12.6. The number of aromatic amines is 1. The molecule has 2 aliphatic rings. The van der Waals surface area contributed by atoms with Gasteiger partial charge in [-0.3, -0.25) is 9.36 Å². The van der Waals surface area contributed by atoms with Crippen LogP contribution in [0.1, 0.15) is 67.4 Å². The second-order valence-corrected chi connectivity index (χ2v) is 21.9. The number of thioether (sulfide) groups is 1. The van der Waals surface area contributed by atoms with Gasteiger partial charge < -0.3 is 27.4 Å². The number of thiocarbonyl (C=S) groups is 1. The Morgan fingerprint density at radius 2 is 1.74 bits per heavy atom. The summed E-state index contributed by atoms with van der Waals surface area (Å²) in [5.41, 5.74) is 1.07. The summed E-state index contributed by atoms with van der Waals surface area (Å²) in [6.45, 7) is 19.5. The highest BCUT2D eigenvalue weighted by atomic mass is 32.2. The molecule has 0 spiro atoms. The number of imidazole rings is 1. The Morgan fingerprint density at radius 3 is 2.31 bits per heavy atom. The fourth-order valence-electron chi connectivity index (χ4n) is 5.85. The second-order valence-electron chi connectivity index (χ2n) is 11.6. The summed E-state index contributed by atoms with van der Waals surface area (Å²) >= 11 is 6.87. The fourth-order valence-corrected chi connectivity index (χ4v) is 17.4. The standard InChI is InChI=1S/C25H42N4O6S2Si2/c1-13(2)38(14(3)4)31-11-18-20(34-39(35-38,15(5)6)16(7)8)21(33-25(36)37-10)24(32-18)29-12-26-19-22(29)27-17(9)28-23(19)30/h12-16,18,20-21,24H,11H2,1-10H3,(H,27,28,30)/t18-,20+,21?,24-/m1/s1. The Labute approximate surface area is 242 Å². The number of hydrogen-bond acceptors (Lipinski definition) is 10. The highest BCUT2D eigenvalue weighted by molar-refractivity contribution is 8.22. The first kappa shape index (κ1) is 30.8. The van der Waals surface area contributed by atoms with Gasteiger partial charge in [-0.2, -0.15) is 0 Å². The van der Waals surface area contributed by atoms with Crippen molar-refractivity contribution in [2.45, 2.75) is 109 Å². The van der Waals surface area contributed by atoms with E-state index in [1.54, 1.807) is 17.8 Å². The van der Waals surface area contributed by atoms with Crippen molar-refractivity contribution >= 4 is 56.6 Å². The number of aryl methyl sites for hydroxylation is 1. The first-order chi connectivity index (χ1) is 18.3. The Morgan fingerprint density at radius 1 is 1.13 bits per heavy atom. The molecule has 14 heteroatoms. The molecule has 2 fully saturated rings. The molecule has 2 aromatic rings. The molecule has 2 saturated heterocycles. The van der Waals surface area contributed by atoms with Gasteiger partial charge in [0.2, 0.25) is 4.38 Å². The van der Waals surface area contributed by atoms with E-state index in [4.69, 9.17) is 34.7 Å². The zero-order valence-electron chi connectivity index (χ0n) is 24.5. The lowest BCUT2D eigenvalue weighted by Crippen LogP contribution is -2.66. The van der Waals surface area contributed by atoms with E-state index in [2.05, 4.69) is 70.3 Å². The van der Waals surface area contributed by atoms with Crippen LogP contribution in [0.15, 0.2) is 11.1 Å². The van der Waals surface area contributed by atoms with E-state index >= 15 is 0 Å². The van der Waals surface area contributed by atoms with Gasteiger partial charge in [0.25, 0.3) is 5.56 Å². The highest BCUT2D eigenvalue weighted by Crippen LogP contribution is 2.49. The van der Waals surface area contributed by atoms with E-state index in [0.717, 1.165) is 0 Å². The third-order valence-corrected chi connectivity index (χ3v) is 19.1. The number of nitrogens with one attached hydrogen (secondary N) is 1. The van der Waals surface area contributed by atoms with Crippen LogP contribution in [0.5, 0.6) is 0 Å². The summed E-state index contributed by atoms with van der Waals surface area (Å²) < 4.78 is 36.7. The average molecular weight is 615 g/mol. The second kappa shape index (κ2) is 11.6. The predicted molar refractivity (Wildman–Crippen MR) is 162 cm³/mol. The van der Waals surface area contributed by atoms with E-state index in [9.17, 15) is 4.79 Å². The molecule has 4 atom stereocenters. The van der Waals surface area contributed by atoms with E-state index < -0.39 is 41.7 Å². The number of aromatic nitrogens is 4. The third-order valence-electron chi connectivity index (χ3n) is 7.84. The molecule has 2 aromatic heterocycles. The topological polar surface area (TPSA) is 110 Å². The van der Waals surface area contributed by atoms with E-state index in [-0.39, 0.29) is 33.2 Å². The molecule has 4 heterocycles. The van der Waals surface area contributed by atoms with Crippen LogP contribution in [0.25, 0.3) is 11.2 Å². The third kappa shape index (κ3) is 5.43. The number of ether oxygens (including phenoxy) is 2. The molecule has 0 aliphatic carbocycles. The number of rotatable bonds is 6. The molecule has 0 aromatic carbocycles. The molecule has 2 aliphatic heterocycles. The Kier molecular flexibility index (Phi) is 9.19. The number of fused-ring (bicyclic) bond motifs is 2. The molecular weight excluding hydrogens is 573 g/mol. The van der Waals surface area contributed by atoms with Crippen molar-refractivity contribution in [1.82, 2.24) is 19.5 Å². The molecule has 0 saturated carbocycles. The number of nitrogens with zero attached hydrogens (tertiary/aromatic N) is 3. The van der Waals surface area contributed by atoms with Crippen molar-refractivity contribution in [2.24, 2.45) is 0 Å². The molecule has 1 unspecified atom stereocenters. The first-order valence-corrected chi connectivity index (χ1v) is 19.2. The van der Waals surface area contributed by atoms with Gasteiger partial charge in [-0.05, 0) is 47.6 Å². The van der Waals surface area contributed by atoms with Crippen LogP contribution in [0, 0.1) is 6.92 Å². The summed E-state index contributed by atoms with van der Waals surface area (Å²) in [5.74, 6) is 0.485. The molecule has 10 nitrogen and oxygen atoms in total.